The van der Waals surface area contributed by atoms with E-state index in [1.807, 2.05) is 97.2 Å². The zero-order chi connectivity index (χ0) is 16.9. The molecule has 0 unspecified atom stereocenters. The summed E-state index contributed by atoms with van der Waals surface area (Å²) >= 11 is 0. The Morgan fingerprint density at radius 2 is 1.04 bits per heavy atom. The van der Waals surface area contributed by atoms with E-state index in [9.17, 15) is 0 Å². The van der Waals surface area contributed by atoms with Crippen LogP contribution >= 0.6 is 0 Å². The summed E-state index contributed by atoms with van der Waals surface area (Å²) in [5.41, 5.74) is 2.97. The molecule has 4 rings (SSSR count). The normalized spacial score (nSPS) is 11.0. The van der Waals surface area contributed by atoms with E-state index in [0.29, 0.717) is 11.6 Å². The molecule has 3 aromatic carbocycles. The fourth-order valence-corrected chi connectivity index (χ4v) is 2.59. The molecule has 0 bridgehead atoms. The molecule has 4 nitrogen and oxygen atoms in total. The van der Waals surface area contributed by atoms with Crippen molar-refractivity contribution < 1.29 is 0 Å². The first kappa shape index (κ1) is 15.0. The minimum absolute atomic E-state index is 0.714. The van der Waals surface area contributed by atoms with E-state index in [-0.39, 0.29) is 0 Å². The lowest BCUT2D eigenvalue weighted by atomic mass is 10.2. The predicted octanol–water partition coefficient (Wildman–Crippen LogP) is 4.49. The van der Waals surface area contributed by atoms with E-state index in [0.717, 1.165) is 16.7 Å². The van der Waals surface area contributed by atoms with Crippen molar-refractivity contribution in [3.63, 3.8) is 0 Å². The average molecular weight is 324 g/mol. The van der Waals surface area contributed by atoms with Gasteiger partial charge in [0.25, 0.3) is 0 Å². The molecular weight excluding hydrogens is 308 g/mol. The first-order valence-corrected chi connectivity index (χ1v) is 8.07. The molecule has 0 aliphatic carbocycles. The number of aromatic nitrogens is 3. The van der Waals surface area contributed by atoms with Crippen LogP contribution in [0.5, 0.6) is 0 Å². The molecule has 0 spiro atoms. The smallest absolute Gasteiger partial charge is 0.185 e. The molecule has 1 heterocycles. The van der Waals surface area contributed by atoms with Crippen LogP contribution < -0.4 is 0 Å². The molecule has 0 saturated carbocycles. The lowest BCUT2D eigenvalue weighted by Gasteiger charge is -2.05. The SMILES string of the molecule is C(=Nn1c(-c2ccccc2)nnc1-c1ccccc1)c1ccccc1. The van der Waals surface area contributed by atoms with Crippen LogP contribution in [0.1, 0.15) is 5.56 Å². The van der Waals surface area contributed by atoms with Gasteiger partial charge in [0, 0.05) is 11.1 Å². The van der Waals surface area contributed by atoms with Crippen molar-refractivity contribution in [2.24, 2.45) is 5.10 Å². The van der Waals surface area contributed by atoms with Gasteiger partial charge >= 0.3 is 0 Å². The van der Waals surface area contributed by atoms with E-state index >= 15 is 0 Å². The highest BCUT2D eigenvalue weighted by molar-refractivity contribution is 5.80. The lowest BCUT2D eigenvalue weighted by molar-refractivity contribution is 0.898. The van der Waals surface area contributed by atoms with Gasteiger partial charge in [0.2, 0.25) is 0 Å². The van der Waals surface area contributed by atoms with Crippen molar-refractivity contribution in [2.45, 2.75) is 0 Å². The third kappa shape index (κ3) is 3.23. The lowest BCUT2D eigenvalue weighted by Crippen LogP contribution is -1.97. The Bertz CT molecular complexity index is 917. The van der Waals surface area contributed by atoms with Gasteiger partial charge in [-0.15, -0.1) is 10.2 Å². The second kappa shape index (κ2) is 6.93. The molecule has 0 amide bonds. The predicted molar refractivity (Wildman–Crippen MR) is 100 cm³/mol. The molecule has 0 N–H and O–H groups in total. The molecule has 0 radical (unpaired) electrons. The summed E-state index contributed by atoms with van der Waals surface area (Å²) in [6, 6.07) is 29.9. The van der Waals surface area contributed by atoms with Gasteiger partial charge in [-0.2, -0.15) is 9.78 Å². The third-order valence-electron chi connectivity index (χ3n) is 3.83. The molecule has 120 valence electrons. The molecule has 4 heteroatoms. The Morgan fingerprint density at radius 3 is 1.52 bits per heavy atom. The first-order valence-electron chi connectivity index (χ1n) is 8.07. The maximum absolute atomic E-state index is 4.66. The Labute approximate surface area is 146 Å². The number of nitrogens with zero attached hydrogens (tertiary/aromatic N) is 4. The second-order valence-corrected chi connectivity index (χ2v) is 5.55. The van der Waals surface area contributed by atoms with E-state index in [1.54, 1.807) is 4.68 Å². The quantitative estimate of drug-likeness (QED) is 0.519. The highest BCUT2D eigenvalue weighted by Gasteiger charge is 2.14. The molecular formula is C21H16N4. The third-order valence-corrected chi connectivity index (χ3v) is 3.83. The van der Waals surface area contributed by atoms with Crippen LogP contribution in [0, 0.1) is 0 Å². The minimum Gasteiger partial charge on any atom is -0.192 e. The number of rotatable bonds is 4. The summed E-state index contributed by atoms with van der Waals surface area (Å²) in [6.07, 6.45) is 1.82. The van der Waals surface area contributed by atoms with Crippen LogP contribution in [0.15, 0.2) is 96.1 Å². The highest BCUT2D eigenvalue weighted by Crippen LogP contribution is 2.24. The van der Waals surface area contributed by atoms with Crippen molar-refractivity contribution in [1.29, 1.82) is 0 Å². The standard InChI is InChI=1S/C21H16N4/c1-4-10-17(11-5-1)16-22-25-20(18-12-6-2-7-13-18)23-24-21(25)19-14-8-3-9-15-19/h1-16H. The monoisotopic (exact) mass is 324 g/mol. The first-order chi connectivity index (χ1) is 12.4. The zero-order valence-corrected chi connectivity index (χ0v) is 13.5. The Morgan fingerprint density at radius 1 is 0.600 bits per heavy atom. The Kier molecular flexibility index (Phi) is 4.16. The van der Waals surface area contributed by atoms with Crippen molar-refractivity contribution >= 4 is 6.21 Å². The molecule has 0 aliphatic heterocycles. The largest absolute Gasteiger partial charge is 0.192 e. The van der Waals surface area contributed by atoms with Gasteiger partial charge in [0.15, 0.2) is 11.6 Å². The molecule has 0 aliphatic rings. The van der Waals surface area contributed by atoms with E-state index < -0.39 is 0 Å². The van der Waals surface area contributed by atoms with Crippen molar-refractivity contribution in [3.05, 3.63) is 96.6 Å². The van der Waals surface area contributed by atoms with Gasteiger partial charge < -0.3 is 0 Å². The summed E-state index contributed by atoms with van der Waals surface area (Å²) in [5, 5.41) is 13.4. The van der Waals surface area contributed by atoms with Crippen molar-refractivity contribution in [1.82, 2.24) is 14.9 Å². The number of benzene rings is 3. The summed E-state index contributed by atoms with van der Waals surface area (Å²) in [4.78, 5) is 0. The van der Waals surface area contributed by atoms with Crippen molar-refractivity contribution in [2.75, 3.05) is 0 Å². The van der Waals surface area contributed by atoms with E-state index in [2.05, 4.69) is 15.3 Å². The van der Waals surface area contributed by atoms with Gasteiger partial charge in [0.1, 0.15) is 0 Å². The van der Waals surface area contributed by atoms with E-state index in [4.69, 9.17) is 0 Å². The second-order valence-electron chi connectivity index (χ2n) is 5.55. The number of hydrogen-bond donors (Lipinski definition) is 0. The van der Waals surface area contributed by atoms with Crippen LogP contribution in [0.25, 0.3) is 22.8 Å². The highest BCUT2D eigenvalue weighted by atomic mass is 15.5. The minimum atomic E-state index is 0.714. The fraction of sp³-hybridized carbons (Fsp3) is 0. The van der Waals surface area contributed by atoms with Crippen LogP contribution in [0.2, 0.25) is 0 Å². The Balaban J connectivity index is 1.84. The van der Waals surface area contributed by atoms with Crippen LogP contribution in [-0.2, 0) is 0 Å². The fourth-order valence-electron chi connectivity index (χ4n) is 2.59. The maximum atomic E-state index is 4.66. The zero-order valence-electron chi connectivity index (χ0n) is 13.5. The van der Waals surface area contributed by atoms with Crippen LogP contribution in [0.4, 0.5) is 0 Å². The van der Waals surface area contributed by atoms with Gasteiger partial charge in [0.05, 0.1) is 6.21 Å². The maximum Gasteiger partial charge on any atom is 0.185 e. The topological polar surface area (TPSA) is 43.1 Å². The van der Waals surface area contributed by atoms with Gasteiger partial charge in [-0.3, -0.25) is 0 Å². The average Bonchev–Trinajstić information content (AvgIpc) is 3.12. The summed E-state index contributed by atoms with van der Waals surface area (Å²) < 4.78 is 1.79. The molecule has 1 aromatic heterocycles. The molecule has 0 fully saturated rings. The van der Waals surface area contributed by atoms with Gasteiger partial charge in [-0.1, -0.05) is 91.0 Å². The molecule has 0 saturated heterocycles. The van der Waals surface area contributed by atoms with Crippen LogP contribution in [-0.4, -0.2) is 21.1 Å². The Hall–Kier alpha value is -3.53. The van der Waals surface area contributed by atoms with Gasteiger partial charge in [-0.25, -0.2) is 0 Å². The van der Waals surface area contributed by atoms with Crippen molar-refractivity contribution in [3.8, 4) is 22.8 Å². The number of hydrogen-bond acceptors (Lipinski definition) is 3. The van der Waals surface area contributed by atoms with Gasteiger partial charge in [-0.05, 0) is 5.56 Å². The van der Waals surface area contributed by atoms with Crippen LogP contribution in [0.3, 0.4) is 0 Å². The summed E-state index contributed by atoms with van der Waals surface area (Å²) in [5.74, 6) is 1.43. The summed E-state index contributed by atoms with van der Waals surface area (Å²) in [7, 11) is 0. The molecule has 25 heavy (non-hydrogen) atoms. The van der Waals surface area contributed by atoms with E-state index in [1.165, 1.54) is 0 Å². The molecule has 4 aromatic rings. The molecule has 0 atom stereocenters. The summed E-state index contributed by atoms with van der Waals surface area (Å²) in [6.45, 7) is 0.